The molecule has 1 atom stereocenters. The van der Waals surface area contributed by atoms with E-state index in [9.17, 15) is 5.11 Å². The van der Waals surface area contributed by atoms with Crippen LogP contribution in [-0.2, 0) is 16.1 Å². The molecule has 0 saturated heterocycles. The molecule has 5 heteroatoms. The molecule has 5 nitrogen and oxygen atoms in total. The summed E-state index contributed by atoms with van der Waals surface area (Å²) >= 11 is 0. The number of nitrogens with zero attached hydrogens (tertiary/aromatic N) is 1. The first-order valence-corrected chi connectivity index (χ1v) is 6.53. The van der Waals surface area contributed by atoms with Gasteiger partial charge in [0.05, 0.1) is 24.8 Å². The molecule has 20 heavy (non-hydrogen) atoms. The second-order valence-corrected chi connectivity index (χ2v) is 4.54. The minimum Gasteiger partial charge on any atom is -0.392 e. The third kappa shape index (κ3) is 3.45. The number of aliphatic hydroxyl groups excluding tert-OH is 1. The Morgan fingerprint density at radius 3 is 2.80 bits per heavy atom. The molecule has 0 spiro atoms. The number of ether oxygens (including phenoxy) is 2. The molecule has 2 aromatic rings. The Hall–Kier alpha value is -1.69. The van der Waals surface area contributed by atoms with Crippen molar-refractivity contribution in [2.45, 2.75) is 12.7 Å². The predicted molar refractivity (Wildman–Crippen MR) is 78.8 cm³/mol. The van der Waals surface area contributed by atoms with E-state index in [1.807, 2.05) is 30.3 Å². The summed E-state index contributed by atoms with van der Waals surface area (Å²) in [5.41, 5.74) is 1.72. The van der Waals surface area contributed by atoms with Gasteiger partial charge in [-0.1, -0.05) is 18.2 Å². The minimum absolute atomic E-state index is 0.0104. The highest BCUT2D eigenvalue weighted by Crippen LogP contribution is 2.20. The highest BCUT2D eigenvalue weighted by molar-refractivity contribution is 5.83. The van der Waals surface area contributed by atoms with Gasteiger partial charge >= 0.3 is 0 Å². The molecule has 0 aliphatic rings. The Labute approximate surface area is 118 Å². The maximum atomic E-state index is 9.47. The molecule has 0 radical (unpaired) electrons. The summed E-state index contributed by atoms with van der Waals surface area (Å²) in [6, 6.07) is 9.63. The number of methoxy groups -OCH3 is 2. The monoisotopic (exact) mass is 276 g/mol. The van der Waals surface area contributed by atoms with E-state index >= 15 is 0 Å². The van der Waals surface area contributed by atoms with E-state index in [0.717, 1.165) is 22.3 Å². The Balaban J connectivity index is 2.18. The van der Waals surface area contributed by atoms with Crippen molar-refractivity contribution in [2.75, 3.05) is 32.7 Å². The third-order valence-electron chi connectivity index (χ3n) is 3.17. The highest BCUT2D eigenvalue weighted by Gasteiger charge is 2.09. The fourth-order valence-corrected chi connectivity index (χ4v) is 2.08. The largest absolute Gasteiger partial charge is 0.392 e. The van der Waals surface area contributed by atoms with Crippen molar-refractivity contribution in [1.82, 2.24) is 4.98 Å². The van der Waals surface area contributed by atoms with Gasteiger partial charge in [-0.2, -0.15) is 0 Å². The highest BCUT2D eigenvalue weighted by atomic mass is 16.5. The zero-order chi connectivity index (χ0) is 14.4. The zero-order valence-electron chi connectivity index (χ0n) is 11.8. The smallest absolute Gasteiger partial charge is 0.127 e. The molecular formula is C15H20N2O3. The number of fused-ring (bicyclic) bond motifs is 1. The Kier molecular flexibility index (Phi) is 5.29. The molecule has 1 aromatic heterocycles. The van der Waals surface area contributed by atoms with Crippen molar-refractivity contribution in [1.29, 1.82) is 0 Å². The van der Waals surface area contributed by atoms with Crippen LogP contribution < -0.4 is 5.32 Å². The van der Waals surface area contributed by atoms with Crippen LogP contribution in [-0.4, -0.2) is 43.6 Å². The second kappa shape index (κ2) is 7.19. The first-order valence-electron chi connectivity index (χ1n) is 6.53. The van der Waals surface area contributed by atoms with Crippen LogP contribution in [0.15, 0.2) is 30.3 Å². The first-order chi connectivity index (χ1) is 9.78. The van der Waals surface area contributed by atoms with Crippen molar-refractivity contribution < 1.29 is 14.6 Å². The number of aromatic nitrogens is 1. The topological polar surface area (TPSA) is 63.6 Å². The summed E-state index contributed by atoms with van der Waals surface area (Å²) in [5, 5.41) is 13.7. The summed E-state index contributed by atoms with van der Waals surface area (Å²) in [6.45, 7) is 1.11. The van der Waals surface area contributed by atoms with Gasteiger partial charge in [0, 0.05) is 26.2 Å². The summed E-state index contributed by atoms with van der Waals surface area (Å²) in [5.74, 6) is 0.728. The summed E-state index contributed by atoms with van der Waals surface area (Å²) in [6.07, 6.45) is -0.0363. The average Bonchev–Trinajstić information content (AvgIpc) is 2.50. The lowest BCUT2D eigenvalue weighted by atomic mass is 10.1. The van der Waals surface area contributed by atoms with Gasteiger partial charge in [0.2, 0.25) is 0 Å². The molecule has 1 heterocycles. The van der Waals surface area contributed by atoms with Crippen LogP contribution in [0.2, 0.25) is 0 Å². The molecule has 2 N–H and O–H groups in total. The Bertz CT molecular complexity index is 560. The molecule has 108 valence electrons. The number of benzene rings is 1. The van der Waals surface area contributed by atoms with Crippen LogP contribution in [0.3, 0.4) is 0 Å². The molecule has 0 bridgehead atoms. The first kappa shape index (κ1) is 14.7. The summed E-state index contributed by atoms with van der Waals surface area (Å²) < 4.78 is 10.4. The molecule has 0 amide bonds. The van der Waals surface area contributed by atoms with Gasteiger partial charge in [0.15, 0.2) is 0 Å². The standard InChI is InChI=1S/C15H20N2O3/c1-19-10-12(20-2)8-16-15-7-11(9-18)13-5-3-4-6-14(13)17-15/h3-7,12,18H,8-10H2,1-2H3,(H,16,17). The molecular weight excluding hydrogens is 256 g/mol. The van der Waals surface area contributed by atoms with Gasteiger partial charge in [0.1, 0.15) is 5.82 Å². The summed E-state index contributed by atoms with van der Waals surface area (Å²) in [4.78, 5) is 4.53. The molecule has 1 unspecified atom stereocenters. The molecule has 1 aromatic carbocycles. The van der Waals surface area contributed by atoms with Gasteiger partial charge in [0.25, 0.3) is 0 Å². The molecule has 0 saturated carbocycles. The lowest BCUT2D eigenvalue weighted by molar-refractivity contribution is 0.0365. The van der Waals surface area contributed by atoms with Crippen LogP contribution in [0.4, 0.5) is 5.82 Å². The van der Waals surface area contributed by atoms with Crippen molar-refractivity contribution in [3.63, 3.8) is 0 Å². The van der Waals surface area contributed by atoms with Crippen LogP contribution in [0.1, 0.15) is 5.56 Å². The van der Waals surface area contributed by atoms with E-state index < -0.39 is 0 Å². The van der Waals surface area contributed by atoms with Crippen molar-refractivity contribution in [3.05, 3.63) is 35.9 Å². The maximum Gasteiger partial charge on any atom is 0.127 e. The number of rotatable bonds is 7. The number of anilines is 1. The third-order valence-corrected chi connectivity index (χ3v) is 3.17. The fourth-order valence-electron chi connectivity index (χ4n) is 2.08. The average molecular weight is 276 g/mol. The Morgan fingerprint density at radius 2 is 2.10 bits per heavy atom. The van der Waals surface area contributed by atoms with Gasteiger partial charge < -0.3 is 19.9 Å². The SMILES string of the molecule is COCC(CNc1cc(CO)c2ccccc2n1)OC. The number of nitrogens with one attached hydrogen (secondary N) is 1. The quantitative estimate of drug-likeness (QED) is 0.807. The second-order valence-electron chi connectivity index (χ2n) is 4.54. The van der Waals surface area contributed by atoms with Gasteiger partial charge in [-0.05, 0) is 17.7 Å². The molecule has 0 aliphatic heterocycles. The maximum absolute atomic E-state index is 9.47. The number of hydrogen-bond acceptors (Lipinski definition) is 5. The molecule has 0 aliphatic carbocycles. The van der Waals surface area contributed by atoms with E-state index in [-0.39, 0.29) is 12.7 Å². The van der Waals surface area contributed by atoms with Crippen LogP contribution in [0, 0.1) is 0 Å². The van der Waals surface area contributed by atoms with E-state index in [4.69, 9.17) is 9.47 Å². The number of hydrogen-bond donors (Lipinski definition) is 2. The van der Waals surface area contributed by atoms with Crippen molar-refractivity contribution in [2.24, 2.45) is 0 Å². The number of aliphatic hydroxyl groups is 1. The lowest BCUT2D eigenvalue weighted by Gasteiger charge is -2.16. The van der Waals surface area contributed by atoms with Crippen LogP contribution in [0.5, 0.6) is 0 Å². The van der Waals surface area contributed by atoms with Gasteiger partial charge in [-0.3, -0.25) is 0 Å². The van der Waals surface area contributed by atoms with Crippen molar-refractivity contribution >= 4 is 16.7 Å². The van der Waals surface area contributed by atoms with E-state index in [0.29, 0.717) is 13.2 Å². The Morgan fingerprint density at radius 1 is 1.30 bits per heavy atom. The van der Waals surface area contributed by atoms with Gasteiger partial charge in [-0.15, -0.1) is 0 Å². The zero-order valence-corrected chi connectivity index (χ0v) is 11.8. The normalized spacial score (nSPS) is 12.6. The predicted octanol–water partition coefficient (Wildman–Crippen LogP) is 1.80. The van der Waals surface area contributed by atoms with E-state index in [2.05, 4.69) is 10.3 Å². The van der Waals surface area contributed by atoms with Crippen LogP contribution >= 0.6 is 0 Å². The van der Waals surface area contributed by atoms with E-state index in [1.165, 1.54) is 0 Å². The summed E-state index contributed by atoms with van der Waals surface area (Å²) in [7, 11) is 3.29. The molecule has 0 fully saturated rings. The van der Waals surface area contributed by atoms with Gasteiger partial charge in [-0.25, -0.2) is 4.98 Å². The minimum atomic E-state index is -0.0363. The number of pyridine rings is 1. The van der Waals surface area contributed by atoms with Crippen LogP contribution in [0.25, 0.3) is 10.9 Å². The molecule has 2 rings (SSSR count). The fraction of sp³-hybridized carbons (Fsp3) is 0.400. The van der Waals surface area contributed by atoms with E-state index in [1.54, 1.807) is 14.2 Å². The van der Waals surface area contributed by atoms with Crippen molar-refractivity contribution in [3.8, 4) is 0 Å². The lowest BCUT2D eigenvalue weighted by Crippen LogP contribution is -2.26. The number of para-hydroxylation sites is 1.